The molecule has 130 valence electrons. The van der Waals surface area contributed by atoms with Gasteiger partial charge in [0.05, 0.1) is 16.3 Å². The first-order valence-corrected chi connectivity index (χ1v) is 8.40. The number of nitrogens with two attached hydrogens (primary N) is 1. The molecule has 1 aliphatic rings. The minimum absolute atomic E-state index is 0.0309. The Balaban J connectivity index is 1.70. The molecular weight excluding hydrogens is 328 g/mol. The van der Waals surface area contributed by atoms with Crippen LogP contribution in [0.2, 0.25) is 0 Å². The third-order valence-electron chi connectivity index (χ3n) is 4.86. The molecule has 0 amide bonds. The summed E-state index contributed by atoms with van der Waals surface area (Å²) < 4.78 is 0. The summed E-state index contributed by atoms with van der Waals surface area (Å²) in [6.45, 7) is 0. The molecule has 2 N–H and O–H groups in total. The van der Waals surface area contributed by atoms with Gasteiger partial charge in [0.2, 0.25) is 5.96 Å². The fraction of sp³-hybridized carbons (Fsp3) is 0.150. The number of hydrogen-bond acceptors (Lipinski definition) is 3. The fourth-order valence-corrected chi connectivity index (χ4v) is 3.50. The van der Waals surface area contributed by atoms with Crippen molar-refractivity contribution in [2.75, 3.05) is 11.9 Å². The minimum Gasteiger partial charge on any atom is -0.369 e. The van der Waals surface area contributed by atoms with E-state index in [0.717, 1.165) is 18.5 Å². The second kappa shape index (κ2) is 6.15. The largest absolute Gasteiger partial charge is 0.369 e. The Morgan fingerprint density at radius 2 is 1.77 bits per heavy atom. The van der Waals surface area contributed by atoms with Gasteiger partial charge in [0, 0.05) is 24.6 Å². The molecule has 0 bridgehead atoms. The Hall–Kier alpha value is -3.41. The highest BCUT2D eigenvalue weighted by Crippen LogP contribution is 2.36. The van der Waals surface area contributed by atoms with Gasteiger partial charge in [0.25, 0.3) is 5.69 Å². The van der Waals surface area contributed by atoms with Crippen molar-refractivity contribution in [3.05, 3.63) is 75.8 Å². The van der Waals surface area contributed by atoms with Gasteiger partial charge >= 0.3 is 0 Å². The summed E-state index contributed by atoms with van der Waals surface area (Å²) in [5.74, 6) is 0.331. The molecule has 0 atom stereocenters. The SMILES string of the molecule is CN(C(N)=Nc1ccc([N+](=O)[O-])cc1)c1ccc2c3c(cccc13)CC2. The molecule has 0 aromatic heterocycles. The maximum atomic E-state index is 10.7. The summed E-state index contributed by atoms with van der Waals surface area (Å²) in [6, 6.07) is 16.6. The lowest BCUT2D eigenvalue weighted by atomic mass is 10.0. The molecule has 0 fully saturated rings. The Morgan fingerprint density at radius 3 is 2.46 bits per heavy atom. The predicted octanol–water partition coefficient (Wildman–Crippen LogP) is 3.93. The Bertz CT molecular complexity index is 1030. The highest BCUT2D eigenvalue weighted by atomic mass is 16.6. The van der Waals surface area contributed by atoms with Crippen molar-refractivity contribution in [3.63, 3.8) is 0 Å². The summed E-state index contributed by atoms with van der Waals surface area (Å²) in [5, 5.41) is 13.2. The lowest BCUT2D eigenvalue weighted by Crippen LogP contribution is -2.33. The van der Waals surface area contributed by atoms with E-state index in [1.54, 1.807) is 12.1 Å². The smallest absolute Gasteiger partial charge is 0.269 e. The van der Waals surface area contributed by atoms with Crippen LogP contribution in [0.25, 0.3) is 10.8 Å². The lowest BCUT2D eigenvalue weighted by Gasteiger charge is -2.21. The van der Waals surface area contributed by atoms with Crippen LogP contribution in [0.15, 0.2) is 59.6 Å². The number of nitrogens with zero attached hydrogens (tertiary/aromatic N) is 3. The number of nitro benzene ring substituents is 1. The fourth-order valence-electron chi connectivity index (χ4n) is 3.50. The molecule has 0 spiro atoms. The van der Waals surface area contributed by atoms with Crippen LogP contribution in [-0.4, -0.2) is 17.9 Å². The number of hydrogen-bond donors (Lipinski definition) is 1. The topological polar surface area (TPSA) is 84.8 Å². The normalized spacial score (nSPS) is 13.2. The molecular formula is C20H18N4O2. The van der Waals surface area contributed by atoms with Crippen LogP contribution < -0.4 is 10.6 Å². The van der Waals surface area contributed by atoms with Gasteiger partial charge in [-0.05, 0) is 47.6 Å². The molecule has 4 rings (SSSR count). The van der Waals surface area contributed by atoms with Gasteiger partial charge in [-0.25, -0.2) is 4.99 Å². The van der Waals surface area contributed by atoms with E-state index in [-0.39, 0.29) is 5.69 Å². The second-order valence-electron chi connectivity index (χ2n) is 6.39. The summed E-state index contributed by atoms with van der Waals surface area (Å²) in [6.07, 6.45) is 2.15. The van der Waals surface area contributed by atoms with Crippen LogP contribution in [0.4, 0.5) is 17.1 Å². The van der Waals surface area contributed by atoms with Crippen molar-refractivity contribution in [1.29, 1.82) is 0 Å². The maximum Gasteiger partial charge on any atom is 0.269 e. The molecule has 0 aliphatic heterocycles. The molecule has 0 saturated heterocycles. The van der Waals surface area contributed by atoms with Crippen molar-refractivity contribution < 1.29 is 4.92 Å². The number of aliphatic imine (C=N–C) groups is 1. The molecule has 0 unspecified atom stereocenters. The molecule has 0 saturated carbocycles. The van der Waals surface area contributed by atoms with E-state index in [9.17, 15) is 10.1 Å². The number of aryl methyl sites for hydroxylation is 2. The molecule has 0 radical (unpaired) electrons. The second-order valence-corrected chi connectivity index (χ2v) is 6.39. The average Bonchev–Trinajstić information content (AvgIpc) is 3.07. The molecule has 6 heteroatoms. The van der Waals surface area contributed by atoms with Crippen LogP contribution in [0, 0.1) is 10.1 Å². The van der Waals surface area contributed by atoms with Crippen LogP contribution in [0.3, 0.4) is 0 Å². The van der Waals surface area contributed by atoms with Crippen LogP contribution in [0.1, 0.15) is 11.1 Å². The van der Waals surface area contributed by atoms with Crippen LogP contribution in [-0.2, 0) is 12.8 Å². The van der Waals surface area contributed by atoms with Crippen molar-refractivity contribution in [2.45, 2.75) is 12.8 Å². The van der Waals surface area contributed by atoms with Gasteiger partial charge in [-0.1, -0.05) is 24.3 Å². The number of guanidine groups is 1. The molecule has 3 aromatic rings. The van der Waals surface area contributed by atoms with E-state index in [0.29, 0.717) is 11.6 Å². The zero-order chi connectivity index (χ0) is 18.3. The Labute approximate surface area is 150 Å². The van der Waals surface area contributed by atoms with Gasteiger partial charge < -0.3 is 10.6 Å². The van der Waals surface area contributed by atoms with Crippen molar-refractivity contribution in [2.24, 2.45) is 10.7 Å². The first kappa shape index (κ1) is 16.1. The quantitative estimate of drug-likeness (QED) is 0.337. The number of anilines is 1. The Kier molecular flexibility index (Phi) is 3.80. The summed E-state index contributed by atoms with van der Waals surface area (Å²) in [5.41, 5.74) is 10.6. The van der Waals surface area contributed by atoms with Crippen LogP contribution in [0.5, 0.6) is 0 Å². The number of non-ortho nitro benzene ring substituents is 1. The molecule has 6 nitrogen and oxygen atoms in total. The summed E-state index contributed by atoms with van der Waals surface area (Å²) in [7, 11) is 1.88. The third-order valence-corrected chi connectivity index (χ3v) is 4.86. The molecule has 1 aliphatic carbocycles. The maximum absolute atomic E-state index is 10.7. The number of rotatable bonds is 3. The molecule has 3 aromatic carbocycles. The Morgan fingerprint density at radius 1 is 1.08 bits per heavy atom. The number of nitro groups is 1. The van der Waals surface area contributed by atoms with E-state index in [1.165, 1.54) is 34.0 Å². The van der Waals surface area contributed by atoms with E-state index in [2.05, 4.69) is 35.3 Å². The summed E-state index contributed by atoms with van der Waals surface area (Å²) in [4.78, 5) is 16.6. The highest BCUT2D eigenvalue weighted by molar-refractivity contribution is 6.07. The van der Waals surface area contributed by atoms with Gasteiger partial charge in [-0.2, -0.15) is 0 Å². The average molecular weight is 346 g/mol. The van der Waals surface area contributed by atoms with E-state index < -0.39 is 4.92 Å². The standard InChI is InChI=1S/C20H18N4O2/c1-23(20(21)22-15-8-10-16(11-9-15)24(25)26)18-12-7-14-6-5-13-3-2-4-17(18)19(13)14/h2-4,7-12H,5-6H2,1H3,(H2,21,22). The zero-order valence-electron chi connectivity index (χ0n) is 14.3. The van der Waals surface area contributed by atoms with Crippen molar-refractivity contribution in [3.8, 4) is 0 Å². The molecule has 26 heavy (non-hydrogen) atoms. The van der Waals surface area contributed by atoms with E-state index in [4.69, 9.17) is 5.73 Å². The van der Waals surface area contributed by atoms with Gasteiger partial charge in [-0.3, -0.25) is 10.1 Å². The monoisotopic (exact) mass is 346 g/mol. The minimum atomic E-state index is -0.435. The van der Waals surface area contributed by atoms with Crippen molar-refractivity contribution in [1.82, 2.24) is 0 Å². The van der Waals surface area contributed by atoms with Crippen LogP contribution >= 0.6 is 0 Å². The predicted molar refractivity (Wildman–Crippen MR) is 104 cm³/mol. The van der Waals surface area contributed by atoms with Gasteiger partial charge in [-0.15, -0.1) is 0 Å². The molecule has 0 heterocycles. The summed E-state index contributed by atoms with van der Waals surface area (Å²) >= 11 is 0. The third kappa shape index (κ3) is 2.65. The first-order valence-electron chi connectivity index (χ1n) is 8.40. The first-order chi connectivity index (χ1) is 12.5. The van der Waals surface area contributed by atoms with Gasteiger partial charge in [0.1, 0.15) is 0 Å². The highest BCUT2D eigenvalue weighted by Gasteiger charge is 2.18. The van der Waals surface area contributed by atoms with E-state index >= 15 is 0 Å². The van der Waals surface area contributed by atoms with Crippen molar-refractivity contribution >= 4 is 33.8 Å². The lowest BCUT2D eigenvalue weighted by molar-refractivity contribution is -0.384. The zero-order valence-corrected chi connectivity index (χ0v) is 14.3. The van der Waals surface area contributed by atoms with E-state index in [1.807, 2.05) is 11.9 Å². The van der Waals surface area contributed by atoms with Gasteiger partial charge in [0.15, 0.2) is 0 Å². The number of benzene rings is 3.